The number of hydrogen-bond donors (Lipinski definition) is 0. The number of aromatic nitrogens is 3. The van der Waals surface area contributed by atoms with E-state index in [0.29, 0.717) is 28.2 Å². The molecule has 0 saturated carbocycles. The first-order valence-corrected chi connectivity index (χ1v) is 15.3. The van der Waals surface area contributed by atoms with Crippen LogP contribution in [0.1, 0.15) is 6.85 Å². The minimum atomic E-state index is -0.408. The summed E-state index contributed by atoms with van der Waals surface area (Å²) < 4.78 is 49.8. The molecule has 9 aromatic rings. The molecule has 0 fully saturated rings. The molecule has 0 aliphatic rings. The van der Waals surface area contributed by atoms with Gasteiger partial charge in [-0.15, -0.1) is 0 Å². The molecule has 0 aliphatic heterocycles. The number of para-hydroxylation sites is 1. The molecule has 0 saturated heterocycles. The van der Waals surface area contributed by atoms with Crippen LogP contribution in [0.3, 0.4) is 0 Å². The SMILES string of the molecule is [2H]c1c([2H])c([2H])c2c(oc3c([2H])c(-c4ccccc4)cc(-c4nc(-c5ccccc5)nc(-c5ccc6cc(-c7ccccc7)ccc6c5)n4)c32)c1[2H]. The third-order valence-electron chi connectivity index (χ3n) is 8.34. The summed E-state index contributed by atoms with van der Waals surface area (Å²) >= 11 is 0. The van der Waals surface area contributed by atoms with Crippen molar-refractivity contribution in [3.8, 4) is 56.4 Å². The maximum atomic E-state index is 9.25. The van der Waals surface area contributed by atoms with Crippen LogP contribution in [0, 0.1) is 0 Å². The lowest BCUT2D eigenvalue weighted by atomic mass is 9.98. The lowest BCUT2D eigenvalue weighted by Gasteiger charge is -2.12. The molecule has 0 aliphatic carbocycles. The van der Waals surface area contributed by atoms with Crippen molar-refractivity contribution >= 4 is 32.7 Å². The van der Waals surface area contributed by atoms with E-state index in [1.165, 1.54) is 0 Å². The van der Waals surface area contributed by atoms with Crippen molar-refractivity contribution < 1.29 is 11.3 Å². The number of rotatable bonds is 5. The van der Waals surface area contributed by atoms with Crippen LogP contribution >= 0.6 is 0 Å². The van der Waals surface area contributed by atoms with Gasteiger partial charge < -0.3 is 4.42 Å². The van der Waals surface area contributed by atoms with E-state index in [-0.39, 0.29) is 40.5 Å². The van der Waals surface area contributed by atoms with E-state index in [4.69, 9.17) is 24.9 Å². The summed E-state index contributed by atoms with van der Waals surface area (Å²) in [4.78, 5) is 15.0. The Morgan fingerprint density at radius 3 is 1.70 bits per heavy atom. The predicted octanol–water partition coefficient (Wildman–Crippen LogP) is 11.3. The second kappa shape index (κ2) is 11.2. The Bertz CT molecular complexity index is 2840. The van der Waals surface area contributed by atoms with E-state index in [1.54, 1.807) is 0 Å². The molecule has 0 atom stereocenters. The van der Waals surface area contributed by atoms with Crippen molar-refractivity contribution in [3.05, 3.63) is 164 Å². The molecule has 2 heterocycles. The molecule has 0 N–H and O–H groups in total. The van der Waals surface area contributed by atoms with Gasteiger partial charge in [0.05, 0.1) is 6.85 Å². The first kappa shape index (κ1) is 22.2. The fraction of sp³-hybridized carbons (Fsp3) is 0. The zero-order valence-electron chi connectivity index (χ0n) is 30.0. The molecule has 4 heteroatoms. The molecule has 220 valence electrons. The molecule has 47 heavy (non-hydrogen) atoms. The molecule has 2 aromatic heterocycles. The van der Waals surface area contributed by atoms with Crippen molar-refractivity contribution in [2.24, 2.45) is 0 Å². The summed E-state index contributed by atoms with van der Waals surface area (Å²) in [5, 5.41) is 2.61. The van der Waals surface area contributed by atoms with E-state index in [2.05, 4.69) is 42.5 Å². The summed E-state index contributed by atoms with van der Waals surface area (Å²) in [5.41, 5.74) is 5.67. The molecule has 9 rings (SSSR count). The molecule has 7 aromatic carbocycles. The molecular formula is C43H27N3O. The van der Waals surface area contributed by atoms with E-state index >= 15 is 0 Å². The fourth-order valence-corrected chi connectivity index (χ4v) is 6.03. The second-order valence-electron chi connectivity index (χ2n) is 11.3. The summed E-state index contributed by atoms with van der Waals surface area (Å²) in [5.74, 6) is 1.14. The van der Waals surface area contributed by atoms with E-state index in [0.717, 1.165) is 38.6 Å². The molecule has 0 unspecified atom stereocenters. The molecule has 0 spiro atoms. The van der Waals surface area contributed by atoms with Crippen LogP contribution in [0.5, 0.6) is 0 Å². The Hall–Kier alpha value is -6.39. The highest BCUT2D eigenvalue weighted by Crippen LogP contribution is 2.40. The average molecular weight is 607 g/mol. The average Bonchev–Trinajstić information content (AvgIpc) is 3.61. The highest BCUT2D eigenvalue weighted by molar-refractivity contribution is 6.13. The summed E-state index contributed by atoms with van der Waals surface area (Å²) in [6.07, 6.45) is 0. The highest BCUT2D eigenvalue weighted by atomic mass is 16.3. The Morgan fingerprint density at radius 2 is 1.00 bits per heavy atom. The Morgan fingerprint density at radius 1 is 0.447 bits per heavy atom. The highest BCUT2D eigenvalue weighted by Gasteiger charge is 2.19. The third-order valence-corrected chi connectivity index (χ3v) is 8.34. The van der Waals surface area contributed by atoms with Crippen LogP contribution in [0.4, 0.5) is 0 Å². The Balaban J connectivity index is 1.32. The topological polar surface area (TPSA) is 51.8 Å². The maximum absolute atomic E-state index is 9.25. The number of benzene rings is 7. The minimum absolute atomic E-state index is 0.0251. The van der Waals surface area contributed by atoms with E-state index < -0.39 is 12.1 Å². The van der Waals surface area contributed by atoms with Gasteiger partial charge in [0.15, 0.2) is 17.5 Å². The molecular weight excluding hydrogens is 574 g/mol. The lowest BCUT2D eigenvalue weighted by Crippen LogP contribution is -2.00. The van der Waals surface area contributed by atoms with E-state index in [9.17, 15) is 1.37 Å². The van der Waals surface area contributed by atoms with Crippen molar-refractivity contribution in [2.75, 3.05) is 0 Å². The summed E-state index contributed by atoms with van der Waals surface area (Å²) in [6.45, 7) is 0. The van der Waals surface area contributed by atoms with Crippen LogP contribution in [-0.4, -0.2) is 15.0 Å². The van der Waals surface area contributed by atoms with E-state index in [1.807, 2.05) is 91.0 Å². The summed E-state index contributed by atoms with van der Waals surface area (Å²) in [6, 6.07) is 42.3. The van der Waals surface area contributed by atoms with Gasteiger partial charge in [0.1, 0.15) is 11.2 Å². The van der Waals surface area contributed by atoms with Gasteiger partial charge in [-0.25, -0.2) is 15.0 Å². The molecule has 4 nitrogen and oxygen atoms in total. The van der Waals surface area contributed by atoms with Gasteiger partial charge in [0.2, 0.25) is 0 Å². The molecule has 0 bridgehead atoms. The monoisotopic (exact) mass is 606 g/mol. The summed E-state index contributed by atoms with van der Waals surface area (Å²) in [7, 11) is 0. The second-order valence-corrected chi connectivity index (χ2v) is 11.3. The van der Waals surface area contributed by atoms with Gasteiger partial charge in [-0.3, -0.25) is 0 Å². The van der Waals surface area contributed by atoms with Gasteiger partial charge in [-0.2, -0.15) is 0 Å². The first-order chi connectivity index (χ1) is 25.4. The number of nitrogens with zero attached hydrogens (tertiary/aromatic N) is 3. The maximum Gasteiger partial charge on any atom is 0.164 e. The quantitative estimate of drug-likeness (QED) is 0.196. The van der Waals surface area contributed by atoms with Crippen molar-refractivity contribution in [1.82, 2.24) is 15.0 Å². The van der Waals surface area contributed by atoms with Crippen molar-refractivity contribution in [3.63, 3.8) is 0 Å². The number of hydrogen-bond acceptors (Lipinski definition) is 4. The zero-order valence-corrected chi connectivity index (χ0v) is 25.0. The molecule has 0 amide bonds. The van der Waals surface area contributed by atoms with Gasteiger partial charge >= 0.3 is 0 Å². The number of fused-ring (bicyclic) bond motifs is 4. The Labute approximate surface area is 278 Å². The van der Waals surface area contributed by atoms with Crippen molar-refractivity contribution in [1.29, 1.82) is 0 Å². The van der Waals surface area contributed by atoms with Gasteiger partial charge in [0.25, 0.3) is 0 Å². The van der Waals surface area contributed by atoms with Crippen molar-refractivity contribution in [2.45, 2.75) is 0 Å². The van der Waals surface area contributed by atoms with Gasteiger partial charge in [-0.1, -0.05) is 133 Å². The predicted molar refractivity (Wildman–Crippen MR) is 192 cm³/mol. The van der Waals surface area contributed by atoms with Crippen LogP contribution in [0.15, 0.2) is 168 Å². The zero-order chi connectivity index (χ0) is 35.5. The first-order valence-electron chi connectivity index (χ1n) is 17.8. The third kappa shape index (κ3) is 4.93. The lowest BCUT2D eigenvalue weighted by molar-refractivity contribution is 0.669. The van der Waals surface area contributed by atoms with Crippen LogP contribution in [0.25, 0.3) is 89.1 Å². The number of furan rings is 1. The molecule has 0 radical (unpaired) electrons. The van der Waals surface area contributed by atoms with Crippen LogP contribution in [-0.2, 0) is 0 Å². The largest absolute Gasteiger partial charge is 0.456 e. The van der Waals surface area contributed by atoms with Crippen LogP contribution in [0.2, 0.25) is 0 Å². The smallest absolute Gasteiger partial charge is 0.164 e. The Kier molecular flexibility index (Phi) is 5.28. The van der Waals surface area contributed by atoms with Gasteiger partial charge in [0, 0.05) is 27.5 Å². The standard InChI is InChI=1S/C43H27N3O/c1-4-12-28(13-5-1)31-20-21-33-25-34(23-22-32(33)24-31)42-44-41(30-16-8-3-9-17-30)45-43(46-42)37-26-35(29-14-6-2-7-15-29)27-39-40(37)36-18-10-11-19-38(36)47-39/h1-27H/i10D,11D,18D,19D,27D. The fourth-order valence-electron chi connectivity index (χ4n) is 6.03. The van der Waals surface area contributed by atoms with Gasteiger partial charge in [-0.05, 0) is 63.3 Å². The normalized spacial score (nSPS) is 12.9. The minimum Gasteiger partial charge on any atom is -0.456 e. The van der Waals surface area contributed by atoms with Crippen LogP contribution < -0.4 is 0 Å².